The Morgan fingerprint density at radius 3 is 2.94 bits per heavy atom. The number of piperazine rings is 1. The minimum atomic E-state index is 0.867. The van der Waals surface area contributed by atoms with Gasteiger partial charge in [0.15, 0.2) is 0 Å². The molecule has 3 aliphatic rings. The first-order valence-electron chi connectivity index (χ1n) is 6.67. The van der Waals surface area contributed by atoms with Gasteiger partial charge in [-0.05, 0) is 31.9 Å². The zero-order valence-corrected chi connectivity index (χ0v) is 10.3. The zero-order chi connectivity index (χ0) is 11.0. The summed E-state index contributed by atoms with van der Waals surface area (Å²) in [4.78, 5) is 5.34. The number of fused-ring (bicyclic) bond motifs is 1. The van der Waals surface area contributed by atoms with Crippen molar-refractivity contribution in [3.8, 4) is 0 Å². The van der Waals surface area contributed by atoms with Crippen LogP contribution in [-0.4, -0.2) is 61.7 Å². The Hall–Kier alpha value is -0.380. The molecule has 0 bridgehead atoms. The lowest BCUT2D eigenvalue weighted by Gasteiger charge is -2.38. The van der Waals surface area contributed by atoms with E-state index >= 15 is 0 Å². The molecule has 0 aliphatic carbocycles. The van der Waals surface area contributed by atoms with Crippen molar-refractivity contribution in [2.24, 2.45) is 0 Å². The van der Waals surface area contributed by atoms with Gasteiger partial charge >= 0.3 is 0 Å². The molecule has 3 heteroatoms. The van der Waals surface area contributed by atoms with Gasteiger partial charge in [0.1, 0.15) is 0 Å². The third-order valence-electron chi connectivity index (χ3n) is 4.41. The van der Waals surface area contributed by atoms with Crippen LogP contribution >= 0.6 is 0 Å². The first-order chi connectivity index (χ1) is 7.83. The molecule has 0 aromatic rings. The van der Waals surface area contributed by atoms with Crippen LogP contribution in [0.4, 0.5) is 0 Å². The van der Waals surface area contributed by atoms with E-state index in [2.05, 4.69) is 22.0 Å². The van der Waals surface area contributed by atoms with Crippen molar-refractivity contribution in [2.45, 2.75) is 25.8 Å². The lowest BCUT2D eigenvalue weighted by Crippen LogP contribution is -2.50. The van der Waals surface area contributed by atoms with Crippen LogP contribution < -0.4 is 5.32 Å². The van der Waals surface area contributed by atoms with Crippen LogP contribution in [0.1, 0.15) is 19.8 Å². The third kappa shape index (κ3) is 2.04. The first kappa shape index (κ1) is 10.8. The Labute approximate surface area is 98.5 Å². The second-order valence-corrected chi connectivity index (χ2v) is 5.55. The molecule has 1 N–H and O–H groups in total. The first-order valence-corrected chi connectivity index (χ1v) is 6.67. The molecule has 1 atom stereocenters. The molecule has 0 radical (unpaired) electrons. The Balaban J connectivity index is 1.56. The Morgan fingerprint density at radius 1 is 1.31 bits per heavy atom. The number of nitrogens with one attached hydrogen (secondary N) is 1. The second kappa shape index (κ2) is 4.47. The van der Waals surface area contributed by atoms with Gasteiger partial charge in [-0.3, -0.25) is 9.80 Å². The van der Waals surface area contributed by atoms with Crippen LogP contribution in [0.5, 0.6) is 0 Å². The molecule has 16 heavy (non-hydrogen) atoms. The fourth-order valence-corrected chi connectivity index (χ4v) is 3.20. The van der Waals surface area contributed by atoms with Gasteiger partial charge in [0.25, 0.3) is 0 Å². The summed E-state index contributed by atoms with van der Waals surface area (Å²) in [6, 6.07) is 0.867. The summed E-state index contributed by atoms with van der Waals surface area (Å²) in [5, 5.41) is 3.33. The van der Waals surface area contributed by atoms with Gasteiger partial charge in [0.05, 0.1) is 0 Å². The third-order valence-corrected chi connectivity index (χ3v) is 4.41. The molecule has 0 saturated carbocycles. The Bertz CT molecular complexity index is 292. The Morgan fingerprint density at radius 2 is 2.19 bits per heavy atom. The monoisotopic (exact) mass is 221 g/mol. The number of hydrogen-bond donors (Lipinski definition) is 1. The molecule has 3 fully saturated rings. The van der Waals surface area contributed by atoms with Crippen molar-refractivity contribution in [1.29, 1.82) is 0 Å². The maximum atomic E-state index is 3.33. The van der Waals surface area contributed by atoms with Crippen LogP contribution in [0, 0.1) is 0 Å². The molecule has 3 aliphatic heterocycles. The summed E-state index contributed by atoms with van der Waals surface area (Å²) in [6.07, 6.45) is 2.84. The molecule has 3 saturated heterocycles. The molecular weight excluding hydrogens is 198 g/mol. The van der Waals surface area contributed by atoms with E-state index < -0.39 is 0 Å². The highest BCUT2D eigenvalue weighted by molar-refractivity contribution is 5.22. The van der Waals surface area contributed by atoms with Crippen molar-refractivity contribution in [2.75, 3.05) is 45.8 Å². The lowest BCUT2D eigenvalue weighted by molar-refractivity contribution is 0.111. The van der Waals surface area contributed by atoms with Crippen LogP contribution in [0.25, 0.3) is 0 Å². The Kier molecular flexibility index (Phi) is 3.01. The number of nitrogens with zero attached hydrogens (tertiary/aromatic N) is 2. The highest BCUT2D eigenvalue weighted by Gasteiger charge is 2.30. The van der Waals surface area contributed by atoms with Crippen LogP contribution in [-0.2, 0) is 0 Å². The quantitative estimate of drug-likeness (QED) is 0.692. The molecule has 3 heterocycles. The predicted molar refractivity (Wildman–Crippen MR) is 66.6 cm³/mol. The van der Waals surface area contributed by atoms with E-state index in [1.807, 2.05) is 0 Å². The average Bonchev–Trinajstić information content (AvgIpc) is 2.61. The average molecular weight is 221 g/mol. The molecule has 1 unspecified atom stereocenters. The SMILES string of the molecule is CC(CN1CCN2CCCC2C1)=C1CNC1. The molecule has 0 aromatic heterocycles. The van der Waals surface area contributed by atoms with Crippen molar-refractivity contribution < 1.29 is 0 Å². The van der Waals surface area contributed by atoms with Gasteiger partial charge in [-0.15, -0.1) is 0 Å². The molecule has 0 amide bonds. The standard InChI is InChI=1S/C13H23N3/c1-11(12-7-14-8-12)9-15-5-6-16-4-2-3-13(16)10-15/h13-14H,2-10H2,1H3. The highest BCUT2D eigenvalue weighted by atomic mass is 15.3. The summed E-state index contributed by atoms with van der Waals surface area (Å²) in [6.45, 7) is 11.0. The van der Waals surface area contributed by atoms with Gasteiger partial charge in [-0.2, -0.15) is 0 Å². The second-order valence-electron chi connectivity index (χ2n) is 5.55. The number of rotatable bonds is 2. The van der Waals surface area contributed by atoms with Crippen LogP contribution in [0.3, 0.4) is 0 Å². The van der Waals surface area contributed by atoms with E-state index in [4.69, 9.17) is 0 Å². The molecule has 90 valence electrons. The summed E-state index contributed by atoms with van der Waals surface area (Å²) < 4.78 is 0. The maximum absolute atomic E-state index is 3.33. The predicted octanol–water partition coefficient (Wildman–Crippen LogP) is 0.686. The minimum Gasteiger partial charge on any atom is -0.309 e. The normalized spacial score (nSPS) is 31.3. The summed E-state index contributed by atoms with van der Waals surface area (Å²) in [5.41, 5.74) is 3.26. The van der Waals surface area contributed by atoms with Gasteiger partial charge in [0.2, 0.25) is 0 Å². The molecular formula is C13H23N3. The minimum absolute atomic E-state index is 0.867. The number of hydrogen-bond acceptors (Lipinski definition) is 3. The lowest BCUT2D eigenvalue weighted by atomic mass is 10.0. The van der Waals surface area contributed by atoms with Gasteiger partial charge in [-0.25, -0.2) is 0 Å². The summed E-state index contributed by atoms with van der Waals surface area (Å²) in [7, 11) is 0. The molecule has 3 nitrogen and oxygen atoms in total. The highest BCUT2D eigenvalue weighted by Crippen LogP contribution is 2.22. The van der Waals surface area contributed by atoms with E-state index in [0.717, 1.165) is 19.1 Å². The largest absolute Gasteiger partial charge is 0.309 e. The fourth-order valence-electron chi connectivity index (χ4n) is 3.20. The van der Waals surface area contributed by atoms with E-state index in [1.165, 1.54) is 45.6 Å². The van der Waals surface area contributed by atoms with E-state index in [1.54, 1.807) is 11.1 Å². The zero-order valence-electron chi connectivity index (χ0n) is 10.3. The fraction of sp³-hybridized carbons (Fsp3) is 0.846. The van der Waals surface area contributed by atoms with Gasteiger partial charge in [0, 0.05) is 45.3 Å². The van der Waals surface area contributed by atoms with Crippen molar-refractivity contribution in [3.63, 3.8) is 0 Å². The smallest absolute Gasteiger partial charge is 0.0224 e. The van der Waals surface area contributed by atoms with Crippen molar-refractivity contribution in [3.05, 3.63) is 11.1 Å². The van der Waals surface area contributed by atoms with Gasteiger partial charge < -0.3 is 5.32 Å². The van der Waals surface area contributed by atoms with E-state index in [9.17, 15) is 0 Å². The van der Waals surface area contributed by atoms with Crippen molar-refractivity contribution >= 4 is 0 Å². The molecule has 3 rings (SSSR count). The molecule has 0 spiro atoms. The summed E-state index contributed by atoms with van der Waals surface area (Å²) >= 11 is 0. The topological polar surface area (TPSA) is 18.5 Å². The van der Waals surface area contributed by atoms with Gasteiger partial charge in [-0.1, -0.05) is 5.57 Å². The van der Waals surface area contributed by atoms with Crippen molar-refractivity contribution in [1.82, 2.24) is 15.1 Å². The van der Waals surface area contributed by atoms with E-state index in [-0.39, 0.29) is 0 Å². The van der Waals surface area contributed by atoms with Crippen LogP contribution in [0.2, 0.25) is 0 Å². The van der Waals surface area contributed by atoms with Crippen LogP contribution in [0.15, 0.2) is 11.1 Å². The molecule has 0 aromatic carbocycles. The maximum Gasteiger partial charge on any atom is 0.0224 e. The summed E-state index contributed by atoms with van der Waals surface area (Å²) in [5.74, 6) is 0. The van der Waals surface area contributed by atoms with E-state index in [0.29, 0.717) is 0 Å².